The first-order valence-corrected chi connectivity index (χ1v) is 14.3. The minimum atomic E-state index is -0.833. The predicted molar refractivity (Wildman–Crippen MR) is 167 cm³/mol. The fraction of sp³-hybridized carbons (Fsp3) is 0.290. The van der Waals surface area contributed by atoms with Crippen LogP contribution in [0.3, 0.4) is 0 Å². The minimum Gasteiger partial charge on any atom is -0.481 e. The average Bonchev–Trinajstić information content (AvgIpc) is 3.57. The van der Waals surface area contributed by atoms with E-state index in [-0.39, 0.29) is 11.9 Å². The summed E-state index contributed by atoms with van der Waals surface area (Å²) in [7, 11) is 0. The second-order valence-corrected chi connectivity index (χ2v) is 10.9. The van der Waals surface area contributed by atoms with E-state index in [2.05, 4.69) is 50.9 Å². The number of rotatable bonds is 6. The third kappa shape index (κ3) is 7.47. The van der Waals surface area contributed by atoms with Crippen LogP contribution in [0, 0.1) is 23.7 Å². The van der Waals surface area contributed by atoms with Crippen molar-refractivity contribution < 1.29 is 14.7 Å². The van der Waals surface area contributed by atoms with Gasteiger partial charge in [-0.3, -0.25) is 14.0 Å². The standard InChI is InChI=1S/C27H25N7OS.C2H4O2.C2H6/c1-16-7-12-21-22(14-16)36-26(31-21)30-19-10-8-18(9-11-19)23-32-33-24-20(6-5-13-34(23)24)25(35)29-17(2)27(3,4)15-28;1-2(3)4;1-2/h5-14,17H,1-4H3,(H,29,35)(H,30,31);1H3,(H,3,4);1-2H3. The van der Waals surface area contributed by atoms with Gasteiger partial charge in [-0.05, 0) is 81.8 Å². The zero-order chi connectivity index (χ0) is 31.0. The number of nitrogens with one attached hydrogen (secondary N) is 2. The normalized spacial score (nSPS) is 11.4. The van der Waals surface area contributed by atoms with Crippen LogP contribution in [0.4, 0.5) is 10.8 Å². The number of carboxylic acid groups (broad SMARTS) is 1. The number of hydrogen-bond donors (Lipinski definition) is 3. The molecule has 3 N–H and O–H groups in total. The number of benzene rings is 2. The number of thiazole rings is 1. The van der Waals surface area contributed by atoms with Gasteiger partial charge in [-0.15, -0.1) is 10.2 Å². The van der Waals surface area contributed by atoms with Crippen LogP contribution in [0.5, 0.6) is 0 Å². The molecular weight excluding hydrogens is 550 g/mol. The average molecular weight is 586 g/mol. The largest absolute Gasteiger partial charge is 0.481 e. The van der Waals surface area contributed by atoms with Crippen molar-refractivity contribution in [3.05, 3.63) is 71.9 Å². The Kier molecular flexibility index (Phi) is 10.3. The molecule has 5 rings (SSSR count). The number of carboxylic acids is 1. The summed E-state index contributed by atoms with van der Waals surface area (Å²) in [5, 5.41) is 32.5. The van der Waals surface area contributed by atoms with Crippen LogP contribution < -0.4 is 10.6 Å². The van der Waals surface area contributed by atoms with E-state index >= 15 is 0 Å². The molecule has 2 aromatic carbocycles. The molecule has 1 unspecified atom stereocenters. The number of anilines is 2. The summed E-state index contributed by atoms with van der Waals surface area (Å²) < 4.78 is 2.95. The maximum absolute atomic E-state index is 13.0. The molecule has 42 heavy (non-hydrogen) atoms. The van der Waals surface area contributed by atoms with E-state index in [0.29, 0.717) is 17.0 Å². The summed E-state index contributed by atoms with van der Waals surface area (Å²) in [5.41, 5.74) is 4.13. The van der Waals surface area contributed by atoms with Crippen LogP contribution in [0.1, 0.15) is 57.5 Å². The molecule has 0 saturated heterocycles. The highest BCUT2D eigenvalue weighted by Gasteiger charge is 2.28. The van der Waals surface area contributed by atoms with Crippen LogP contribution >= 0.6 is 11.3 Å². The van der Waals surface area contributed by atoms with Crippen LogP contribution in [0.25, 0.3) is 27.3 Å². The lowest BCUT2D eigenvalue weighted by Gasteiger charge is -2.25. The zero-order valence-corrected chi connectivity index (χ0v) is 25.6. The molecule has 1 amide bonds. The molecule has 5 aromatic rings. The molecule has 0 fully saturated rings. The first-order chi connectivity index (χ1) is 20.0. The SMILES string of the molecule is CC.CC(=O)O.Cc1ccc2nc(Nc3ccc(-c4nnc5c(C(=O)NC(C)C(C)(C)C#N)cccn45)cc3)sc2c1. The van der Waals surface area contributed by atoms with Gasteiger partial charge < -0.3 is 15.7 Å². The van der Waals surface area contributed by atoms with Crippen LogP contribution in [-0.4, -0.2) is 42.6 Å². The quantitative estimate of drug-likeness (QED) is 0.196. The second kappa shape index (κ2) is 13.7. The molecule has 3 aromatic heterocycles. The van der Waals surface area contributed by atoms with E-state index in [1.807, 2.05) is 57.3 Å². The number of pyridine rings is 1. The molecule has 0 bridgehead atoms. The van der Waals surface area contributed by atoms with E-state index < -0.39 is 11.4 Å². The fourth-order valence-corrected chi connectivity index (χ4v) is 4.74. The molecular formula is C31H35N7O3S. The van der Waals surface area contributed by atoms with Gasteiger partial charge in [-0.2, -0.15) is 5.26 Å². The maximum atomic E-state index is 13.0. The number of amides is 1. The molecule has 0 aliphatic carbocycles. The Balaban J connectivity index is 0.000000745. The van der Waals surface area contributed by atoms with Gasteiger partial charge in [0, 0.05) is 30.4 Å². The lowest BCUT2D eigenvalue weighted by atomic mass is 9.87. The highest BCUT2D eigenvalue weighted by atomic mass is 32.1. The number of carbonyl (C=O) groups excluding carboxylic acids is 1. The van der Waals surface area contributed by atoms with E-state index in [1.54, 1.807) is 41.7 Å². The van der Waals surface area contributed by atoms with Gasteiger partial charge in [-0.1, -0.05) is 31.3 Å². The summed E-state index contributed by atoms with van der Waals surface area (Å²) >= 11 is 1.62. The van der Waals surface area contributed by atoms with Crippen LogP contribution in [-0.2, 0) is 4.79 Å². The molecule has 0 saturated carbocycles. The fourth-order valence-electron chi connectivity index (χ4n) is 3.75. The van der Waals surface area contributed by atoms with Crippen molar-refractivity contribution in [1.82, 2.24) is 24.9 Å². The van der Waals surface area contributed by atoms with Gasteiger partial charge in [-0.25, -0.2) is 4.98 Å². The van der Waals surface area contributed by atoms with Gasteiger partial charge in [0.15, 0.2) is 16.6 Å². The molecule has 10 nitrogen and oxygen atoms in total. The summed E-state index contributed by atoms with van der Waals surface area (Å²) in [6.45, 7) is 12.6. The molecule has 11 heteroatoms. The summed E-state index contributed by atoms with van der Waals surface area (Å²) in [4.78, 5) is 26.6. The smallest absolute Gasteiger partial charge is 0.300 e. The molecule has 3 heterocycles. The van der Waals surface area contributed by atoms with E-state index in [1.165, 1.54) is 5.56 Å². The third-order valence-corrected chi connectivity index (χ3v) is 7.27. The Morgan fingerprint density at radius 2 is 1.76 bits per heavy atom. The lowest BCUT2D eigenvalue weighted by Crippen LogP contribution is -2.42. The van der Waals surface area contributed by atoms with Gasteiger partial charge in [0.2, 0.25) is 0 Å². The molecule has 1 atom stereocenters. The lowest BCUT2D eigenvalue weighted by molar-refractivity contribution is -0.134. The molecule has 218 valence electrons. The number of nitrogens with zero attached hydrogens (tertiary/aromatic N) is 5. The van der Waals surface area contributed by atoms with Crippen LogP contribution in [0.15, 0.2) is 60.8 Å². The van der Waals surface area contributed by atoms with Crippen molar-refractivity contribution in [2.24, 2.45) is 5.41 Å². The highest BCUT2D eigenvalue weighted by Crippen LogP contribution is 2.30. The summed E-state index contributed by atoms with van der Waals surface area (Å²) in [5.74, 6) is -0.493. The van der Waals surface area contributed by atoms with Crippen molar-refractivity contribution in [2.45, 2.75) is 54.5 Å². The monoisotopic (exact) mass is 585 g/mol. The van der Waals surface area contributed by atoms with Gasteiger partial charge in [0.05, 0.1) is 27.3 Å². The Bertz CT molecular complexity index is 1730. The van der Waals surface area contributed by atoms with Crippen molar-refractivity contribution >= 4 is 49.9 Å². The summed E-state index contributed by atoms with van der Waals surface area (Å²) in [6.07, 6.45) is 1.83. The van der Waals surface area contributed by atoms with Gasteiger partial charge in [0.1, 0.15) is 0 Å². The van der Waals surface area contributed by atoms with Crippen molar-refractivity contribution in [2.75, 3.05) is 5.32 Å². The number of nitriles is 1. The number of aromatic nitrogens is 4. The molecule has 0 aliphatic heterocycles. The molecule has 0 aliphatic rings. The van der Waals surface area contributed by atoms with Crippen molar-refractivity contribution in [3.8, 4) is 17.5 Å². The van der Waals surface area contributed by atoms with E-state index in [0.717, 1.165) is 33.5 Å². The second-order valence-electron chi connectivity index (χ2n) is 9.88. The van der Waals surface area contributed by atoms with Crippen molar-refractivity contribution in [1.29, 1.82) is 5.26 Å². The number of fused-ring (bicyclic) bond motifs is 2. The predicted octanol–water partition coefficient (Wildman–Crippen LogP) is 6.84. The Labute approximate surface area is 249 Å². The third-order valence-electron chi connectivity index (χ3n) is 6.34. The number of aliphatic carboxylic acids is 1. The van der Waals surface area contributed by atoms with Crippen molar-refractivity contribution in [3.63, 3.8) is 0 Å². The van der Waals surface area contributed by atoms with Gasteiger partial charge in [0.25, 0.3) is 11.9 Å². The first-order valence-electron chi connectivity index (χ1n) is 13.5. The Morgan fingerprint density at radius 1 is 1.10 bits per heavy atom. The number of aryl methyl sites for hydroxylation is 1. The summed E-state index contributed by atoms with van der Waals surface area (Å²) in [6, 6.07) is 19.5. The minimum absolute atomic E-state index is 0.291. The van der Waals surface area contributed by atoms with Gasteiger partial charge >= 0.3 is 0 Å². The molecule has 0 radical (unpaired) electrons. The van der Waals surface area contributed by atoms with E-state index in [9.17, 15) is 10.1 Å². The Hall–Kier alpha value is -4.82. The Morgan fingerprint density at radius 3 is 2.40 bits per heavy atom. The maximum Gasteiger partial charge on any atom is 0.300 e. The highest BCUT2D eigenvalue weighted by molar-refractivity contribution is 7.22. The van der Waals surface area contributed by atoms with E-state index in [4.69, 9.17) is 9.90 Å². The molecule has 0 spiro atoms. The number of carbonyl (C=O) groups is 2. The first kappa shape index (κ1) is 31.7. The zero-order valence-electron chi connectivity index (χ0n) is 24.8. The van der Waals surface area contributed by atoms with Crippen LogP contribution in [0.2, 0.25) is 0 Å². The topological polar surface area (TPSA) is 145 Å². The number of hydrogen-bond acceptors (Lipinski definition) is 8.